The van der Waals surface area contributed by atoms with E-state index in [4.69, 9.17) is 25.4 Å². The Hall–Kier alpha value is -1.60. The lowest BCUT2D eigenvalue weighted by Gasteiger charge is -2.39. The molecule has 0 heterocycles. The first kappa shape index (κ1) is 24.4. The number of rotatable bonds is 11. The van der Waals surface area contributed by atoms with Crippen LogP contribution in [-0.2, 0) is 16.0 Å². The molecule has 2 rings (SSSR count). The minimum Gasteiger partial charge on any atom is -0.427 e. The zero-order valence-electron chi connectivity index (χ0n) is 16.2. The highest BCUT2D eigenvalue weighted by molar-refractivity contribution is 6.40. The average molecular weight is 397 g/mol. The van der Waals surface area contributed by atoms with Crippen LogP contribution in [0.3, 0.4) is 0 Å². The molecule has 0 aliphatic heterocycles. The van der Waals surface area contributed by atoms with E-state index in [1.54, 1.807) is 6.07 Å². The van der Waals surface area contributed by atoms with E-state index in [-0.39, 0.29) is 12.2 Å². The normalized spacial score (nSPS) is 19.0. The van der Waals surface area contributed by atoms with Crippen molar-refractivity contribution in [3.8, 4) is 0 Å². The predicted octanol–water partition coefficient (Wildman–Crippen LogP) is 3.09. The van der Waals surface area contributed by atoms with Gasteiger partial charge in [-0.15, -0.1) is 0 Å². The van der Waals surface area contributed by atoms with Crippen LogP contribution in [-0.4, -0.2) is 29.4 Å². The summed E-state index contributed by atoms with van der Waals surface area (Å²) in [6.45, 7) is 0. The van der Waals surface area contributed by atoms with Crippen molar-refractivity contribution in [1.82, 2.24) is 0 Å². The largest absolute Gasteiger partial charge is 0.451 e. The highest BCUT2D eigenvalue weighted by atomic mass is 19.2. The maximum absolute atomic E-state index is 13.1. The summed E-state index contributed by atoms with van der Waals surface area (Å²) in [5, 5.41) is 17.6. The minimum absolute atomic E-state index is 0.231. The molecule has 156 valence electrons. The van der Waals surface area contributed by atoms with Gasteiger partial charge in [0.1, 0.15) is 0 Å². The first-order valence-electron chi connectivity index (χ1n) is 9.92. The Morgan fingerprint density at radius 1 is 1.11 bits per heavy atom. The van der Waals surface area contributed by atoms with E-state index in [0.29, 0.717) is 12.2 Å². The van der Waals surface area contributed by atoms with Gasteiger partial charge in [-0.1, -0.05) is 31.7 Å². The highest BCUT2D eigenvalue weighted by Crippen LogP contribution is 2.39. The summed E-state index contributed by atoms with van der Waals surface area (Å²) in [5.41, 5.74) is 7.09. The molecule has 1 aromatic carbocycles. The lowest BCUT2D eigenvalue weighted by atomic mass is 9.68. The van der Waals surface area contributed by atoms with Gasteiger partial charge in [0.05, 0.1) is 0 Å². The van der Waals surface area contributed by atoms with Gasteiger partial charge in [-0.3, -0.25) is 0 Å². The lowest BCUT2D eigenvalue weighted by Crippen LogP contribution is -2.39. The number of aryl methyl sites for hydroxylation is 1. The zero-order valence-corrected chi connectivity index (χ0v) is 16.2. The number of carbonyl (C=O) groups excluding carboxylic acids is 2. The molecule has 1 unspecified atom stereocenters. The summed E-state index contributed by atoms with van der Waals surface area (Å²) >= 11 is 0. The van der Waals surface area contributed by atoms with Crippen molar-refractivity contribution in [3.63, 3.8) is 0 Å². The highest BCUT2D eigenvalue weighted by Gasteiger charge is 2.32. The van der Waals surface area contributed by atoms with Gasteiger partial charge in [-0.25, -0.2) is 8.78 Å². The molecule has 1 fully saturated rings. The van der Waals surface area contributed by atoms with Crippen LogP contribution < -0.4 is 5.73 Å². The first-order valence-corrected chi connectivity index (χ1v) is 9.92. The van der Waals surface area contributed by atoms with Crippen LogP contribution in [0.1, 0.15) is 56.9 Å². The SMILES string of the molecule is NC(CCCCB(O)O)C1CC(CCCCc2ccc(F)c(F)c2)C1.O=C=O. The Balaban J connectivity index is 0.00000122. The topological polar surface area (TPSA) is 101 Å². The van der Waals surface area contributed by atoms with E-state index in [1.165, 1.54) is 31.4 Å². The average Bonchev–Trinajstić information content (AvgIpc) is 2.60. The molecule has 1 aliphatic carbocycles. The Morgan fingerprint density at radius 2 is 1.79 bits per heavy atom. The molecule has 0 saturated heterocycles. The van der Waals surface area contributed by atoms with Gasteiger partial charge in [0, 0.05) is 6.04 Å². The maximum atomic E-state index is 13.1. The Kier molecular flexibility index (Phi) is 11.8. The second-order valence-corrected chi connectivity index (χ2v) is 7.60. The van der Waals surface area contributed by atoms with E-state index in [1.807, 2.05) is 0 Å². The van der Waals surface area contributed by atoms with Crippen LogP contribution in [0.5, 0.6) is 0 Å². The monoisotopic (exact) mass is 397 g/mol. The fourth-order valence-electron chi connectivity index (χ4n) is 3.77. The van der Waals surface area contributed by atoms with Crippen molar-refractivity contribution in [3.05, 3.63) is 35.4 Å². The molecule has 5 nitrogen and oxygen atoms in total. The van der Waals surface area contributed by atoms with E-state index in [0.717, 1.165) is 50.0 Å². The van der Waals surface area contributed by atoms with Crippen LogP contribution in [0.4, 0.5) is 8.78 Å². The molecule has 0 spiro atoms. The van der Waals surface area contributed by atoms with E-state index in [2.05, 4.69) is 0 Å². The van der Waals surface area contributed by atoms with Crippen molar-refractivity contribution < 1.29 is 28.4 Å². The van der Waals surface area contributed by atoms with Gasteiger partial charge >= 0.3 is 13.3 Å². The van der Waals surface area contributed by atoms with Crippen molar-refractivity contribution in [1.29, 1.82) is 0 Å². The van der Waals surface area contributed by atoms with Gasteiger partial charge < -0.3 is 15.8 Å². The standard InChI is InChI=1S/C19H30BF2NO2.CO2/c21-17-9-8-14(13-18(17)22)5-1-2-6-15-11-16(12-15)19(23)7-3-4-10-20(24)25;2-1-3/h8-9,13,15-16,19,24-25H,1-7,10-12,23H2;. The Labute approximate surface area is 165 Å². The second kappa shape index (κ2) is 13.6. The Morgan fingerprint density at radius 3 is 2.39 bits per heavy atom. The molecule has 1 aromatic rings. The van der Waals surface area contributed by atoms with Crippen molar-refractivity contribution in [2.24, 2.45) is 17.6 Å². The Bertz CT molecular complexity index is 606. The van der Waals surface area contributed by atoms with Gasteiger partial charge in [-0.2, -0.15) is 9.59 Å². The molecule has 0 aromatic heterocycles. The van der Waals surface area contributed by atoms with Crippen molar-refractivity contribution in [2.45, 2.75) is 70.1 Å². The molecule has 8 heteroatoms. The summed E-state index contributed by atoms with van der Waals surface area (Å²) in [7, 11) is -1.20. The fourth-order valence-corrected chi connectivity index (χ4v) is 3.77. The number of hydrogen-bond donors (Lipinski definition) is 3. The molecular weight excluding hydrogens is 367 g/mol. The predicted molar refractivity (Wildman–Crippen MR) is 102 cm³/mol. The number of benzene rings is 1. The summed E-state index contributed by atoms with van der Waals surface area (Å²) in [5.74, 6) is -0.189. The third kappa shape index (κ3) is 9.56. The fraction of sp³-hybridized carbons (Fsp3) is 0.650. The zero-order chi connectivity index (χ0) is 20.9. The molecule has 0 bridgehead atoms. The lowest BCUT2D eigenvalue weighted by molar-refractivity contribution is -0.191. The summed E-state index contributed by atoms with van der Waals surface area (Å²) in [4.78, 5) is 16.2. The van der Waals surface area contributed by atoms with Crippen LogP contribution in [0, 0.1) is 23.5 Å². The summed E-state index contributed by atoms with van der Waals surface area (Å²) in [6.07, 6.45) is 9.87. The number of unbranched alkanes of at least 4 members (excludes halogenated alkanes) is 2. The van der Waals surface area contributed by atoms with Crippen molar-refractivity contribution >= 4 is 13.3 Å². The molecular formula is C20H30BF2NO4. The summed E-state index contributed by atoms with van der Waals surface area (Å²) in [6, 6.07) is 4.38. The summed E-state index contributed by atoms with van der Waals surface area (Å²) < 4.78 is 26.0. The number of nitrogens with two attached hydrogens (primary N) is 1. The minimum atomic E-state index is -1.20. The van der Waals surface area contributed by atoms with Crippen LogP contribution >= 0.6 is 0 Å². The van der Waals surface area contributed by atoms with Crippen molar-refractivity contribution in [2.75, 3.05) is 0 Å². The molecule has 1 atom stereocenters. The van der Waals surface area contributed by atoms with Gasteiger partial charge in [0.2, 0.25) is 0 Å². The van der Waals surface area contributed by atoms with E-state index >= 15 is 0 Å². The van der Waals surface area contributed by atoms with Crippen LogP contribution in [0.25, 0.3) is 0 Å². The quantitative estimate of drug-likeness (QED) is 0.394. The van der Waals surface area contributed by atoms with Gasteiger partial charge in [-0.05, 0) is 68.0 Å². The number of hydrogen-bond acceptors (Lipinski definition) is 5. The first-order chi connectivity index (χ1) is 13.4. The maximum Gasteiger partial charge on any atom is 0.451 e. The number of halogens is 2. The van der Waals surface area contributed by atoms with E-state index in [9.17, 15) is 8.78 Å². The molecule has 0 radical (unpaired) electrons. The van der Waals surface area contributed by atoms with Crippen LogP contribution in [0.15, 0.2) is 18.2 Å². The molecule has 1 saturated carbocycles. The van der Waals surface area contributed by atoms with Gasteiger partial charge in [0.15, 0.2) is 11.6 Å². The third-order valence-electron chi connectivity index (χ3n) is 5.44. The molecule has 0 amide bonds. The van der Waals surface area contributed by atoms with Gasteiger partial charge in [0.25, 0.3) is 0 Å². The second-order valence-electron chi connectivity index (χ2n) is 7.60. The molecule has 4 N–H and O–H groups in total. The molecule has 1 aliphatic rings. The third-order valence-corrected chi connectivity index (χ3v) is 5.44. The van der Waals surface area contributed by atoms with E-state index < -0.39 is 18.8 Å². The molecule has 28 heavy (non-hydrogen) atoms. The van der Waals surface area contributed by atoms with Crippen LogP contribution in [0.2, 0.25) is 6.32 Å². The smallest absolute Gasteiger partial charge is 0.427 e.